The molecule has 0 unspecified atom stereocenters. The second-order valence-electron chi connectivity index (χ2n) is 5.21. The number of hydrogen-bond donors (Lipinski definition) is 1. The molecule has 0 atom stereocenters. The van der Waals surface area contributed by atoms with Crippen LogP contribution in [0.25, 0.3) is 0 Å². The minimum Gasteiger partial charge on any atom is -0.395 e. The molecule has 110 valence electrons. The highest BCUT2D eigenvalue weighted by Crippen LogP contribution is 2.42. The van der Waals surface area contributed by atoms with Crippen molar-refractivity contribution in [2.24, 2.45) is 0 Å². The molecule has 7 heteroatoms. The number of nitrogens with one attached hydrogen (secondary N) is 1. The molecule has 1 aromatic heterocycles. The molecule has 0 amide bonds. The Balaban J connectivity index is 1.47. The number of anilines is 1. The van der Waals surface area contributed by atoms with Crippen LogP contribution in [0.2, 0.25) is 0 Å². The van der Waals surface area contributed by atoms with Crippen LogP contribution in [-0.4, -0.2) is 15.8 Å². The molecule has 0 spiro atoms. The van der Waals surface area contributed by atoms with E-state index >= 15 is 0 Å². The normalized spacial score (nSPS) is 18.8. The van der Waals surface area contributed by atoms with Crippen LogP contribution in [0.3, 0.4) is 0 Å². The van der Waals surface area contributed by atoms with Crippen LogP contribution in [0.4, 0.5) is 14.5 Å². The first-order valence-corrected chi connectivity index (χ1v) is 6.75. The smallest absolute Gasteiger partial charge is 0.395 e. The van der Waals surface area contributed by atoms with E-state index in [-0.39, 0.29) is 11.5 Å². The van der Waals surface area contributed by atoms with Crippen molar-refractivity contribution >= 4 is 5.69 Å². The fourth-order valence-corrected chi connectivity index (χ4v) is 2.40. The molecule has 1 N–H and O–H groups in total. The van der Waals surface area contributed by atoms with E-state index in [4.69, 9.17) is 0 Å². The van der Waals surface area contributed by atoms with Gasteiger partial charge in [-0.15, -0.1) is 8.78 Å². The van der Waals surface area contributed by atoms with Gasteiger partial charge in [-0.1, -0.05) is 0 Å². The highest BCUT2D eigenvalue weighted by molar-refractivity contribution is 5.56. The van der Waals surface area contributed by atoms with Crippen LogP contribution in [-0.2, 0) is 6.54 Å². The summed E-state index contributed by atoms with van der Waals surface area (Å²) in [6, 6.07) is 5.21. The van der Waals surface area contributed by atoms with Gasteiger partial charge in [-0.2, -0.15) is 0 Å². The fourth-order valence-electron chi connectivity index (χ4n) is 2.40. The van der Waals surface area contributed by atoms with Gasteiger partial charge >= 0.3 is 6.29 Å². The number of hydrogen-bond acceptors (Lipinski definition) is 4. The Labute approximate surface area is 119 Å². The van der Waals surface area contributed by atoms with Gasteiger partial charge in [0.2, 0.25) is 0 Å². The first-order chi connectivity index (χ1) is 10.1. The summed E-state index contributed by atoms with van der Waals surface area (Å²) in [5, 5.41) is 3.19. The van der Waals surface area contributed by atoms with Gasteiger partial charge in [-0.3, -0.25) is 0 Å². The van der Waals surface area contributed by atoms with Gasteiger partial charge in [-0.25, -0.2) is 4.98 Å². The number of halogens is 2. The molecule has 1 saturated carbocycles. The lowest BCUT2D eigenvalue weighted by Gasteiger charge is -2.09. The maximum absolute atomic E-state index is 13.0. The molecule has 4 rings (SSSR count). The molecular weight excluding hydrogens is 280 g/mol. The average molecular weight is 293 g/mol. The number of imidazole rings is 1. The van der Waals surface area contributed by atoms with Crippen LogP contribution < -0.4 is 14.8 Å². The maximum Gasteiger partial charge on any atom is 0.586 e. The Morgan fingerprint density at radius 2 is 2.10 bits per heavy atom. The first-order valence-electron chi connectivity index (χ1n) is 6.75. The zero-order valence-electron chi connectivity index (χ0n) is 11.1. The molecule has 0 bridgehead atoms. The van der Waals surface area contributed by atoms with E-state index in [0.717, 1.165) is 5.69 Å². The van der Waals surface area contributed by atoms with Gasteiger partial charge in [0.1, 0.15) is 0 Å². The second-order valence-corrected chi connectivity index (χ2v) is 5.21. The molecule has 2 aliphatic rings. The van der Waals surface area contributed by atoms with Crippen molar-refractivity contribution < 1.29 is 18.3 Å². The van der Waals surface area contributed by atoms with E-state index in [2.05, 4.69) is 24.3 Å². The lowest BCUT2D eigenvalue weighted by atomic mass is 10.2. The summed E-state index contributed by atoms with van der Waals surface area (Å²) in [5.41, 5.74) is 1.76. The van der Waals surface area contributed by atoms with E-state index in [1.54, 1.807) is 6.07 Å². The summed E-state index contributed by atoms with van der Waals surface area (Å²) in [5.74, 6) is 0.0919. The van der Waals surface area contributed by atoms with Gasteiger partial charge < -0.3 is 19.4 Å². The molecule has 0 saturated heterocycles. The van der Waals surface area contributed by atoms with Crippen molar-refractivity contribution in [2.75, 3.05) is 5.32 Å². The summed E-state index contributed by atoms with van der Waals surface area (Å²) in [6.45, 7) is 0.576. The lowest BCUT2D eigenvalue weighted by molar-refractivity contribution is -0.286. The molecule has 5 nitrogen and oxygen atoms in total. The van der Waals surface area contributed by atoms with Gasteiger partial charge in [0, 0.05) is 24.0 Å². The third kappa shape index (κ3) is 2.39. The SMILES string of the molecule is FC1(F)Oc2ccc(NCc3cncn3C3CC3)cc2O1. The number of rotatable bonds is 4. The maximum atomic E-state index is 13.0. The Morgan fingerprint density at radius 1 is 1.29 bits per heavy atom. The third-order valence-corrected chi connectivity index (χ3v) is 3.56. The fraction of sp³-hybridized carbons (Fsp3) is 0.357. The Morgan fingerprint density at radius 3 is 2.90 bits per heavy atom. The minimum atomic E-state index is -3.58. The van der Waals surface area contributed by atoms with E-state index < -0.39 is 6.29 Å². The van der Waals surface area contributed by atoms with Gasteiger partial charge in [0.15, 0.2) is 11.5 Å². The quantitative estimate of drug-likeness (QED) is 0.940. The highest BCUT2D eigenvalue weighted by atomic mass is 19.3. The van der Waals surface area contributed by atoms with Crippen molar-refractivity contribution in [3.05, 3.63) is 36.4 Å². The zero-order valence-corrected chi connectivity index (χ0v) is 11.1. The zero-order chi connectivity index (χ0) is 14.4. The highest BCUT2D eigenvalue weighted by Gasteiger charge is 2.43. The van der Waals surface area contributed by atoms with Crippen LogP contribution in [0.1, 0.15) is 24.6 Å². The number of alkyl halides is 2. The lowest BCUT2D eigenvalue weighted by Crippen LogP contribution is -2.25. The van der Waals surface area contributed by atoms with Crippen LogP contribution >= 0.6 is 0 Å². The van der Waals surface area contributed by atoms with Gasteiger partial charge in [0.25, 0.3) is 0 Å². The number of nitrogens with zero attached hydrogens (tertiary/aromatic N) is 2. The summed E-state index contributed by atoms with van der Waals surface area (Å²) in [6.07, 6.45) is 2.43. The predicted molar refractivity (Wildman–Crippen MR) is 70.5 cm³/mol. The Kier molecular flexibility index (Phi) is 2.57. The monoisotopic (exact) mass is 293 g/mol. The van der Waals surface area contributed by atoms with Crippen molar-refractivity contribution in [1.82, 2.24) is 9.55 Å². The number of ether oxygens (including phenoxy) is 2. The van der Waals surface area contributed by atoms with Crippen LogP contribution in [0.5, 0.6) is 11.5 Å². The molecule has 2 aromatic rings. The Hall–Kier alpha value is -2.31. The van der Waals surface area contributed by atoms with Crippen molar-refractivity contribution in [2.45, 2.75) is 31.7 Å². The second kappa shape index (κ2) is 4.34. The van der Waals surface area contributed by atoms with Crippen molar-refractivity contribution in [1.29, 1.82) is 0 Å². The van der Waals surface area contributed by atoms with Crippen molar-refractivity contribution in [3.63, 3.8) is 0 Å². The number of aromatic nitrogens is 2. The van der Waals surface area contributed by atoms with Gasteiger partial charge in [-0.05, 0) is 25.0 Å². The van der Waals surface area contributed by atoms with E-state index in [9.17, 15) is 8.78 Å². The molecule has 21 heavy (non-hydrogen) atoms. The van der Waals surface area contributed by atoms with E-state index in [0.29, 0.717) is 18.3 Å². The van der Waals surface area contributed by atoms with Crippen molar-refractivity contribution in [3.8, 4) is 11.5 Å². The molecule has 1 fully saturated rings. The molecule has 1 aliphatic heterocycles. The average Bonchev–Trinajstić information content (AvgIpc) is 3.08. The molecule has 1 aliphatic carbocycles. The standard InChI is InChI=1S/C14H13F2N3O2/c15-14(16)20-12-4-1-9(5-13(12)21-14)18-7-11-6-17-8-19(11)10-2-3-10/h1,4-6,8,10,18H,2-3,7H2. The number of benzene rings is 1. The summed E-state index contributed by atoms with van der Waals surface area (Å²) in [4.78, 5) is 4.15. The molecule has 2 heterocycles. The minimum absolute atomic E-state index is 0.0423. The molecular formula is C14H13F2N3O2. The molecule has 1 aromatic carbocycles. The predicted octanol–water partition coefficient (Wildman–Crippen LogP) is 3.15. The van der Waals surface area contributed by atoms with E-state index in [1.807, 2.05) is 12.5 Å². The summed E-state index contributed by atoms with van der Waals surface area (Å²) >= 11 is 0. The largest absolute Gasteiger partial charge is 0.586 e. The topological polar surface area (TPSA) is 48.3 Å². The third-order valence-electron chi connectivity index (χ3n) is 3.56. The number of fused-ring (bicyclic) bond motifs is 1. The van der Waals surface area contributed by atoms with Gasteiger partial charge in [0.05, 0.1) is 18.6 Å². The Bertz CT molecular complexity index is 683. The first kappa shape index (κ1) is 12.4. The molecule has 0 radical (unpaired) electrons. The summed E-state index contributed by atoms with van der Waals surface area (Å²) in [7, 11) is 0. The van der Waals surface area contributed by atoms with Crippen LogP contribution in [0.15, 0.2) is 30.7 Å². The van der Waals surface area contributed by atoms with E-state index in [1.165, 1.54) is 25.0 Å². The summed E-state index contributed by atoms with van der Waals surface area (Å²) < 4.78 is 36.8. The van der Waals surface area contributed by atoms with Crippen LogP contribution in [0, 0.1) is 0 Å².